The van der Waals surface area contributed by atoms with Gasteiger partial charge in [-0.1, -0.05) is 36.4 Å². The Morgan fingerprint density at radius 1 is 0.742 bits per heavy atom. The second kappa shape index (κ2) is 9.14. The standard InChI is InChI=1S/C24H24N2O4S/c1-16(2)31(29,30)22-15-8-7-12-19(22)24(28)26-21-14-9-13-20(17(21)3)25-23(27)18-10-5-4-6-11-18/h4-16H,1-3H3,(H,25,27)(H,26,28). The second-order valence-electron chi connectivity index (χ2n) is 7.34. The summed E-state index contributed by atoms with van der Waals surface area (Å²) >= 11 is 0. The van der Waals surface area contributed by atoms with Gasteiger partial charge in [-0.2, -0.15) is 0 Å². The summed E-state index contributed by atoms with van der Waals surface area (Å²) in [5.74, 6) is -0.796. The maximum absolute atomic E-state index is 12.9. The first-order chi connectivity index (χ1) is 14.7. The third kappa shape index (κ3) is 4.83. The zero-order valence-electron chi connectivity index (χ0n) is 17.5. The number of anilines is 2. The molecule has 6 nitrogen and oxygen atoms in total. The van der Waals surface area contributed by atoms with E-state index in [1.54, 1.807) is 75.4 Å². The molecule has 3 rings (SSSR count). The Labute approximate surface area is 182 Å². The van der Waals surface area contributed by atoms with Crippen molar-refractivity contribution in [1.29, 1.82) is 0 Å². The summed E-state index contributed by atoms with van der Waals surface area (Å²) in [5.41, 5.74) is 2.28. The van der Waals surface area contributed by atoms with Crippen molar-refractivity contribution in [1.82, 2.24) is 0 Å². The molecule has 0 aliphatic carbocycles. The molecule has 0 unspecified atom stereocenters. The van der Waals surface area contributed by atoms with E-state index in [1.165, 1.54) is 12.1 Å². The van der Waals surface area contributed by atoms with Gasteiger partial charge >= 0.3 is 0 Å². The molecule has 3 aromatic carbocycles. The van der Waals surface area contributed by atoms with Gasteiger partial charge in [-0.05, 0) is 62.7 Å². The number of amides is 2. The van der Waals surface area contributed by atoms with Crippen LogP contribution in [-0.2, 0) is 9.84 Å². The van der Waals surface area contributed by atoms with Crippen LogP contribution in [0.1, 0.15) is 40.1 Å². The van der Waals surface area contributed by atoms with Crippen LogP contribution in [0.4, 0.5) is 11.4 Å². The van der Waals surface area contributed by atoms with Gasteiger partial charge in [0.2, 0.25) is 0 Å². The summed E-state index contributed by atoms with van der Waals surface area (Å²) in [5, 5.41) is 4.97. The monoisotopic (exact) mass is 436 g/mol. The molecule has 0 bridgehead atoms. The molecule has 7 heteroatoms. The molecule has 0 fully saturated rings. The topological polar surface area (TPSA) is 92.3 Å². The van der Waals surface area contributed by atoms with Crippen molar-refractivity contribution >= 4 is 33.0 Å². The van der Waals surface area contributed by atoms with E-state index in [0.717, 1.165) is 0 Å². The van der Waals surface area contributed by atoms with E-state index >= 15 is 0 Å². The number of nitrogens with one attached hydrogen (secondary N) is 2. The minimum Gasteiger partial charge on any atom is -0.322 e. The predicted octanol–water partition coefficient (Wildman–Crippen LogP) is 4.68. The summed E-state index contributed by atoms with van der Waals surface area (Å²) in [4.78, 5) is 25.4. The lowest BCUT2D eigenvalue weighted by Gasteiger charge is -2.16. The zero-order valence-corrected chi connectivity index (χ0v) is 18.4. The van der Waals surface area contributed by atoms with Gasteiger partial charge in [-0.15, -0.1) is 0 Å². The van der Waals surface area contributed by atoms with E-state index in [4.69, 9.17) is 0 Å². The van der Waals surface area contributed by atoms with Gasteiger partial charge in [-0.25, -0.2) is 8.42 Å². The number of sulfone groups is 1. The lowest BCUT2D eigenvalue weighted by atomic mass is 10.1. The van der Waals surface area contributed by atoms with E-state index in [2.05, 4.69) is 10.6 Å². The number of benzene rings is 3. The third-order valence-electron chi connectivity index (χ3n) is 4.92. The molecule has 160 valence electrons. The minimum absolute atomic E-state index is 0.00584. The fourth-order valence-electron chi connectivity index (χ4n) is 3.04. The predicted molar refractivity (Wildman–Crippen MR) is 122 cm³/mol. The third-order valence-corrected chi connectivity index (χ3v) is 7.14. The molecule has 0 heterocycles. The number of hydrogen-bond donors (Lipinski definition) is 2. The average Bonchev–Trinajstić information content (AvgIpc) is 2.77. The summed E-state index contributed by atoms with van der Waals surface area (Å²) in [7, 11) is -3.63. The first-order valence-corrected chi connectivity index (χ1v) is 11.4. The number of carbonyl (C=O) groups excluding carboxylic acids is 2. The van der Waals surface area contributed by atoms with Crippen molar-refractivity contribution < 1.29 is 18.0 Å². The van der Waals surface area contributed by atoms with Crippen molar-refractivity contribution in [3.05, 3.63) is 89.5 Å². The smallest absolute Gasteiger partial charge is 0.256 e. The van der Waals surface area contributed by atoms with Gasteiger partial charge in [0.05, 0.1) is 15.7 Å². The van der Waals surface area contributed by atoms with E-state index < -0.39 is 21.0 Å². The van der Waals surface area contributed by atoms with Gasteiger partial charge in [0.25, 0.3) is 11.8 Å². The minimum atomic E-state index is -3.63. The molecule has 0 aliphatic rings. The molecule has 0 spiro atoms. The van der Waals surface area contributed by atoms with Crippen LogP contribution in [0.5, 0.6) is 0 Å². The van der Waals surface area contributed by atoms with Crippen LogP contribution in [0.3, 0.4) is 0 Å². The number of hydrogen-bond acceptors (Lipinski definition) is 4. The Bertz CT molecular complexity index is 1220. The van der Waals surface area contributed by atoms with E-state index in [1.807, 2.05) is 6.07 Å². The Balaban J connectivity index is 1.87. The van der Waals surface area contributed by atoms with Crippen molar-refractivity contribution in [2.75, 3.05) is 10.6 Å². The quantitative estimate of drug-likeness (QED) is 0.587. The molecule has 3 aromatic rings. The van der Waals surface area contributed by atoms with Gasteiger partial charge in [0.1, 0.15) is 0 Å². The molecule has 2 amide bonds. The molecule has 2 N–H and O–H groups in total. The molecule has 0 saturated heterocycles. The lowest BCUT2D eigenvalue weighted by molar-refractivity contribution is 0.101. The van der Waals surface area contributed by atoms with E-state index in [-0.39, 0.29) is 16.4 Å². The molecule has 31 heavy (non-hydrogen) atoms. The van der Waals surface area contributed by atoms with Crippen molar-refractivity contribution in [2.24, 2.45) is 0 Å². The molecule has 0 aromatic heterocycles. The highest BCUT2D eigenvalue weighted by Gasteiger charge is 2.25. The zero-order chi connectivity index (χ0) is 22.6. The van der Waals surface area contributed by atoms with Crippen LogP contribution in [0.15, 0.2) is 77.7 Å². The SMILES string of the molecule is Cc1c(NC(=O)c2ccccc2)cccc1NC(=O)c1ccccc1S(=O)(=O)C(C)C. The molecule has 0 saturated carbocycles. The van der Waals surface area contributed by atoms with Crippen molar-refractivity contribution in [3.63, 3.8) is 0 Å². The molecule has 0 radical (unpaired) electrons. The Kier molecular flexibility index (Phi) is 6.56. The second-order valence-corrected chi connectivity index (χ2v) is 9.81. The molecule has 0 aliphatic heterocycles. The van der Waals surface area contributed by atoms with Gasteiger partial charge in [0.15, 0.2) is 9.84 Å². The van der Waals surface area contributed by atoms with Crippen molar-refractivity contribution in [2.45, 2.75) is 30.9 Å². The van der Waals surface area contributed by atoms with Crippen LogP contribution in [0.2, 0.25) is 0 Å². The highest BCUT2D eigenvalue weighted by molar-refractivity contribution is 7.92. The fourth-order valence-corrected chi connectivity index (χ4v) is 4.28. The van der Waals surface area contributed by atoms with Crippen LogP contribution < -0.4 is 10.6 Å². The van der Waals surface area contributed by atoms with E-state index in [9.17, 15) is 18.0 Å². The summed E-state index contributed by atoms with van der Waals surface area (Å²) < 4.78 is 25.3. The normalized spacial score (nSPS) is 11.2. The van der Waals surface area contributed by atoms with Gasteiger partial charge in [-0.3, -0.25) is 9.59 Å². The van der Waals surface area contributed by atoms with Crippen LogP contribution in [0, 0.1) is 6.92 Å². The van der Waals surface area contributed by atoms with Crippen LogP contribution >= 0.6 is 0 Å². The first-order valence-electron chi connectivity index (χ1n) is 9.82. The summed E-state index contributed by atoms with van der Waals surface area (Å²) in [6, 6.07) is 20.1. The van der Waals surface area contributed by atoms with Gasteiger partial charge in [0, 0.05) is 16.9 Å². The first kappa shape index (κ1) is 22.2. The summed E-state index contributed by atoms with van der Waals surface area (Å²) in [6.45, 7) is 4.92. The summed E-state index contributed by atoms with van der Waals surface area (Å²) in [6.07, 6.45) is 0. The van der Waals surface area contributed by atoms with Gasteiger partial charge < -0.3 is 10.6 Å². The molecular weight excluding hydrogens is 412 g/mol. The van der Waals surface area contributed by atoms with Crippen LogP contribution in [0.25, 0.3) is 0 Å². The Morgan fingerprint density at radius 3 is 1.90 bits per heavy atom. The lowest BCUT2D eigenvalue weighted by Crippen LogP contribution is -2.21. The molecular formula is C24H24N2O4S. The average molecular weight is 437 g/mol. The largest absolute Gasteiger partial charge is 0.322 e. The number of rotatable bonds is 6. The van der Waals surface area contributed by atoms with Crippen molar-refractivity contribution in [3.8, 4) is 0 Å². The highest BCUT2D eigenvalue weighted by atomic mass is 32.2. The van der Waals surface area contributed by atoms with Crippen LogP contribution in [-0.4, -0.2) is 25.5 Å². The Hall–Kier alpha value is -3.45. The highest BCUT2D eigenvalue weighted by Crippen LogP contribution is 2.26. The van der Waals surface area contributed by atoms with E-state index in [0.29, 0.717) is 22.5 Å². The maximum atomic E-state index is 12.9. The fraction of sp³-hybridized carbons (Fsp3) is 0.167. The number of carbonyl (C=O) groups is 2. The molecule has 0 atom stereocenters. The maximum Gasteiger partial charge on any atom is 0.256 e. The Morgan fingerprint density at radius 2 is 1.29 bits per heavy atom.